The van der Waals surface area contributed by atoms with Crippen LogP contribution in [0.15, 0.2) is 0 Å². The summed E-state index contributed by atoms with van der Waals surface area (Å²) >= 11 is 0. The van der Waals surface area contributed by atoms with Gasteiger partial charge in [0, 0.05) is 13.6 Å². The Bertz CT molecular complexity index is 224. The Kier molecular flexibility index (Phi) is 6.00. The van der Waals surface area contributed by atoms with Gasteiger partial charge in [0.2, 0.25) is 0 Å². The van der Waals surface area contributed by atoms with Gasteiger partial charge in [-0.25, -0.2) is 8.42 Å². The van der Waals surface area contributed by atoms with Crippen molar-refractivity contribution in [1.82, 2.24) is 4.31 Å². The summed E-state index contributed by atoms with van der Waals surface area (Å²) < 4.78 is 23.9. The minimum atomic E-state index is -3.05. The molecule has 0 amide bonds. The van der Waals surface area contributed by atoms with Crippen molar-refractivity contribution in [2.45, 2.75) is 26.7 Å². The van der Waals surface area contributed by atoms with Gasteiger partial charge in [0.25, 0.3) is 9.06 Å². The van der Waals surface area contributed by atoms with Crippen LogP contribution in [0, 0.1) is 5.92 Å². The van der Waals surface area contributed by atoms with E-state index in [1.165, 1.54) is 4.31 Å². The molecule has 0 atom stereocenters. The van der Waals surface area contributed by atoms with E-state index in [1.54, 1.807) is 13.3 Å². The average molecular weight is 225 g/mol. The number of nitrogens with zero attached hydrogens (tertiary/aromatic N) is 1. The fraction of sp³-hybridized carbons (Fsp3) is 1.00. The van der Waals surface area contributed by atoms with E-state index in [9.17, 15) is 8.42 Å². The van der Waals surface area contributed by atoms with Gasteiger partial charge < -0.3 is 0 Å². The van der Waals surface area contributed by atoms with Crippen LogP contribution in [-0.2, 0) is 9.06 Å². The number of hydrogen-bond donors (Lipinski definition) is 0. The van der Waals surface area contributed by atoms with Gasteiger partial charge in [-0.3, -0.25) is 0 Å². The minimum absolute atomic E-state index is 0.626. The van der Waals surface area contributed by atoms with Crippen LogP contribution in [0.2, 0.25) is 0 Å². The maximum Gasteiger partial charge on any atom is 0.266 e. The van der Waals surface area contributed by atoms with E-state index in [0.717, 1.165) is 23.6 Å². The summed E-state index contributed by atoms with van der Waals surface area (Å²) in [5, 5.41) is 0. The van der Waals surface area contributed by atoms with Crippen LogP contribution in [0.3, 0.4) is 0 Å². The highest BCUT2D eigenvalue weighted by Gasteiger charge is 2.14. The Morgan fingerprint density at radius 1 is 1.38 bits per heavy atom. The monoisotopic (exact) mass is 225 g/mol. The van der Waals surface area contributed by atoms with Gasteiger partial charge in [0.1, 0.15) is 0 Å². The molecule has 0 saturated carbocycles. The Labute approximate surface area is 85.3 Å². The highest BCUT2D eigenvalue weighted by molar-refractivity contribution is 8.70. The highest BCUT2D eigenvalue weighted by atomic mass is 33.1. The van der Waals surface area contributed by atoms with Crippen LogP contribution in [0.5, 0.6) is 0 Å². The summed E-state index contributed by atoms with van der Waals surface area (Å²) in [7, 11) is -0.523. The highest BCUT2D eigenvalue weighted by Crippen LogP contribution is 2.13. The Balaban J connectivity index is 3.82. The molecule has 0 aromatic heterocycles. The third-order valence-electron chi connectivity index (χ3n) is 1.85. The van der Waals surface area contributed by atoms with Gasteiger partial charge in [-0.1, -0.05) is 13.8 Å². The van der Waals surface area contributed by atoms with E-state index in [0.29, 0.717) is 12.5 Å². The maximum absolute atomic E-state index is 11.3. The van der Waals surface area contributed by atoms with E-state index < -0.39 is 9.06 Å². The van der Waals surface area contributed by atoms with Crippen LogP contribution in [0.25, 0.3) is 0 Å². The number of hydrogen-bond acceptors (Lipinski definition) is 3. The molecular weight excluding hydrogens is 206 g/mol. The number of rotatable bonds is 6. The fourth-order valence-electron chi connectivity index (χ4n) is 0.961. The van der Waals surface area contributed by atoms with Gasteiger partial charge in [0.15, 0.2) is 0 Å². The Morgan fingerprint density at radius 2 is 1.92 bits per heavy atom. The van der Waals surface area contributed by atoms with Crippen molar-refractivity contribution in [2.75, 3.05) is 19.8 Å². The SMILES string of the molecule is CSS(=O)(=O)N(C)CCCC(C)C. The molecule has 0 saturated heterocycles. The molecule has 0 aromatic carbocycles. The zero-order valence-corrected chi connectivity index (χ0v) is 10.4. The zero-order valence-electron chi connectivity index (χ0n) is 8.78. The molecule has 0 fully saturated rings. The van der Waals surface area contributed by atoms with E-state index in [-0.39, 0.29) is 0 Å². The average Bonchev–Trinajstić information content (AvgIpc) is 2.03. The zero-order chi connectivity index (χ0) is 10.5. The molecule has 0 N–H and O–H groups in total. The molecule has 80 valence electrons. The predicted octanol–water partition coefficient (Wildman–Crippen LogP) is 1.96. The molecule has 3 nitrogen and oxygen atoms in total. The van der Waals surface area contributed by atoms with Crippen LogP contribution >= 0.6 is 10.8 Å². The van der Waals surface area contributed by atoms with Crippen molar-refractivity contribution in [3.8, 4) is 0 Å². The summed E-state index contributed by atoms with van der Waals surface area (Å²) in [6.45, 7) is 4.91. The molecule has 0 aliphatic heterocycles. The van der Waals surface area contributed by atoms with Gasteiger partial charge in [-0.05, 0) is 35.8 Å². The first-order valence-electron chi connectivity index (χ1n) is 4.42. The summed E-state index contributed by atoms with van der Waals surface area (Å²) in [4.78, 5) is 0. The van der Waals surface area contributed by atoms with Crippen molar-refractivity contribution < 1.29 is 8.42 Å². The second-order valence-corrected chi connectivity index (χ2v) is 7.56. The van der Waals surface area contributed by atoms with Gasteiger partial charge in [-0.2, -0.15) is 4.31 Å². The molecule has 0 rings (SSSR count). The molecule has 0 spiro atoms. The lowest BCUT2D eigenvalue weighted by Gasteiger charge is -2.15. The molecule has 0 aliphatic carbocycles. The van der Waals surface area contributed by atoms with E-state index >= 15 is 0 Å². The molecule has 0 aliphatic rings. The van der Waals surface area contributed by atoms with Crippen molar-refractivity contribution in [2.24, 2.45) is 5.92 Å². The van der Waals surface area contributed by atoms with Crippen molar-refractivity contribution >= 4 is 19.8 Å². The van der Waals surface area contributed by atoms with Crippen LogP contribution in [0.1, 0.15) is 26.7 Å². The normalized spacial score (nSPS) is 12.8. The summed E-state index contributed by atoms with van der Waals surface area (Å²) in [5.41, 5.74) is 0. The van der Waals surface area contributed by atoms with E-state index in [2.05, 4.69) is 13.8 Å². The lowest BCUT2D eigenvalue weighted by molar-refractivity contribution is 0.443. The topological polar surface area (TPSA) is 37.4 Å². The first-order chi connectivity index (χ1) is 5.90. The maximum atomic E-state index is 11.3. The Hall–Kier alpha value is 0.260. The minimum Gasteiger partial charge on any atom is -0.200 e. The molecule has 0 radical (unpaired) electrons. The third kappa shape index (κ3) is 5.54. The second kappa shape index (κ2) is 5.88. The fourth-order valence-corrected chi connectivity index (χ4v) is 2.56. The van der Waals surface area contributed by atoms with Crippen LogP contribution < -0.4 is 0 Å². The summed E-state index contributed by atoms with van der Waals surface area (Å²) in [6, 6.07) is 0. The van der Waals surface area contributed by atoms with Gasteiger partial charge in [-0.15, -0.1) is 0 Å². The van der Waals surface area contributed by atoms with Crippen LogP contribution in [-0.4, -0.2) is 32.6 Å². The summed E-state index contributed by atoms with van der Waals surface area (Å²) in [5.74, 6) is 0.644. The molecular formula is C8H19NO2S2. The summed E-state index contributed by atoms with van der Waals surface area (Å²) in [6.07, 6.45) is 3.61. The van der Waals surface area contributed by atoms with E-state index in [4.69, 9.17) is 0 Å². The molecule has 0 unspecified atom stereocenters. The Morgan fingerprint density at radius 3 is 2.31 bits per heavy atom. The van der Waals surface area contributed by atoms with Crippen LogP contribution in [0.4, 0.5) is 0 Å². The van der Waals surface area contributed by atoms with Crippen molar-refractivity contribution in [3.05, 3.63) is 0 Å². The lowest BCUT2D eigenvalue weighted by atomic mass is 10.1. The molecule has 5 heteroatoms. The molecule has 0 bridgehead atoms. The van der Waals surface area contributed by atoms with Crippen molar-refractivity contribution in [3.63, 3.8) is 0 Å². The molecule has 0 aromatic rings. The quantitative estimate of drug-likeness (QED) is 0.649. The lowest BCUT2D eigenvalue weighted by Crippen LogP contribution is -2.25. The van der Waals surface area contributed by atoms with Crippen molar-refractivity contribution in [1.29, 1.82) is 0 Å². The first kappa shape index (κ1) is 13.3. The first-order valence-corrected chi connectivity index (χ1v) is 7.60. The molecule has 13 heavy (non-hydrogen) atoms. The predicted molar refractivity (Wildman–Crippen MR) is 59.1 cm³/mol. The van der Waals surface area contributed by atoms with E-state index in [1.807, 2.05) is 0 Å². The largest absolute Gasteiger partial charge is 0.266 e. The second-order valence-electron chi connectivity index (χ2n) is 3.48. The standard InChI is InChI=1S/C8H19NO2S2/c1-8(2)6-5-7-9(3)13(10,11)12-4/h8H,5-7H2,1-4H3. The third-order valence-corrected chi connectivity index (χ3v) is 5.24. The van der Waals surface area contributed by atoms with Gasteiger partial charge in [0.05, 0.1) is 0 Å². The molecule has 0 heterocycles. The van der Waals surface area contributed by atoms with Gasteiger partial charge >= 0.3 is 0 Å². The smallest absolute Gasteiger partial charge is 0.200 e.